The Morgan fingerprint density at radius 2 is 2.25 bits per heavy atom. The molecule has 1 aromatic carbocycles. The van der Waals surface area contributed by atoms with Gasteiger partial charge in [-0.05, 0) is 29.1 Å². The third-order valence-electron chi connectivity index (χ3n) is 1.78. The van der Waals surface area contributed by atoms with Crippen LogP contribution < -0.4 is 0 Å². The number of nitrogens with one attached hydrogen (secondary N) is 1. The maximum atomic E-state index is 8.30. The van der Waals surface area contributed by atoms with Gasteiger partial charge in [-0.3, -0.25) is 0 Å². The van der Waals surface area contributed by atoms with E-state index in [4.69, 9.17) is 5.21 Å². The minimum atomic E-state index is 0.893. The van der Waals surface area contributed by atoms with Gasteiger partial charge in [-0.1, -0.05) is 11.2 Å². The van der Waals surface area contributed by atoms with Crippen molar-refractivity contribution >= 4 is 17.1 Å². The van der Waals surface area contributed by atoms with Crippen LogP contribution in [0.5, 0.6) is 0 Å². The second kappa shape index (κ2) is 2.70. The molecular formula is C9H8N2O. The van der Waals surface area contributed by atoms with E-state index >= 15 is 0 Å². The molecule has 1 heterocycles. The number of benzene rings is 1. The first kappa shape index (κ1) is 6.91. The van der Waals surface area contributed by atoms with E-state index in [1.165, 1.54) is 6.21 Å². The summed E-state index contributed by atoms with van der Waals surface area (Å²) in [5, 5.41) is 12.4. The lowest BCUT2D eigenvalue weighted by Gasteiger charge is -1.91. The van der Waals surface area contributed by atoms with Crippen LogP contribution in [0.4, 0.5) is 0 Å². The van der Waals surface area contributed by atoms with E-state index in [0.717, 1.165) is 16.5 Å². The van der Waals surface area contributed by atoms with Crippen LogP contribution in [0.25, 0.3) is 10.9 Å². The third-order valence-corrected chi connectivity index (χ3v) is 1.78. The van der Waals surface area contributed by atoms with Crippen molar-refractivity contribution in [2.45, 2.75) is 0 Å². The lowest BCUT2D eigenvalue weighted by molar-refractivity contribution is 0.322. The molecule has 2 rings (SSSR count). The number of hydrogen-bond donors (Lipinski definition) is 2. The average Bonchev–Trinajstić information content (AvgIpc) is 2.51. The Kier molecular flexibility index (Phi) is 1.55. The van der Waals surface area contributed by atoms with Gasteiger partial charge in [-0.2, -0.15) is 0 Å². The summed E-state index contributed by atoms with van der Waals surface area (Å²) in [4.78, 5) is 3.08. The summed E-state index contributed by atoms with van der Waals surface area (Å²) in [5.74, 6) is 0. The highest BCUT2D eigenvalue weighted by Crippen LogP contribution is 2.12. The second-order valence-electron chi connectivity index (χ2n) is 2.57. The molecule has 0 aliphatic rings. The number of rotatable bonds is 1. The summed E-state index contributed by atoms with van der Waals surface area (Å²) >= 11 is 0. The van der Waals surface area contributed by atoms with E-state index in [1.807, 2.05) is 30.5 Å². The van der Waals surface area contributed by atoms with Gasteiger partial charge in [0.2, 0.25) is 0 Å². The number of hydrogen-bond acceptors (Lipinski definition) is 2. The van der Waals surface area contributed by atoms with Crippen LogP contribution in [0, 0.1) is 0 Å². The van der Waals surface area contributed by atoms with Gasteiger partial charge in [-0.15, -0.1) is 0 Å². The topological polar surface area (TPSA) is 48.4 Å². The van der Waals surface area contributed by atoms with Gasteiger partial charge in [0.25, 0.3) is 0 Å². The predicted molar refractivity (Wildman–Crippen MR) is 47.7 cm³/mol. The Labute approximate surface area is 69.3 Å². The molecule has 0 bridgehead atoms. The van der Waals surface area contributed by atoms with E-state index in [9.17, 15) is 0 Å². The van der Waals surface area contributed by atoms with E-state index in [1.54, 1.807) is 0 Å². The largest absolute Gasteiger partial charge is 0.411 e. The SMILES string of the molecule is ON=Cc1ccc2[nH]ccc2c1. The van der Waals surface area contributed by atoms with Gasteiger partial charge in [0.15, 0.2) is 0 Å². The number of aromatic amines is 1. The predicted octanol–water partition coefficient (Wildman–Crippen LogP) is 1.98. The van der Waals surface area contributed by atoms with Crippen molar-refractivity contribution in [2.24, 2.45) is 5.16 Å². The fraction of sp³-hybridized carbons (Fsp3) is 0. The molecule has 12 heavy (non-hydrogen) atoms. The number of fused-ring (bicyclic) bond motifs is 1. The molecule has 0 fully saturated rings. The zero-order valence-electron chi connectivity index (χ0n) is 6.36. The van der Waals surface area contributed by atoms with Crippen LogP contribution in [-0.2, 0) is 0 Å². The lowest BCUT2D eigenvalue weighted by atomic mass is 10.2. The fourth-order valence-electron chi connectivity index (χ4n) is 1.22. The standard InChI is InChI=1S/C9H8N2O/c12-11-6-7-1-2-9-8(5-7)3-4-10-9/h1-6,10,12H. The summed E-state index contributed by atoms with van der Waals surface area (Å²) in [7, 11) is 0. The maximum Gasteiger partial charge on any atom is 0.0734 e. The Hall–Kier alpha value is -1.77. The molecule has 0 amide bonds. The Balaban J connectivity index is 2.60. The van der Waals surface area contributed by atoms with Gasteiger partial charge < -0.3 is 10.2 Å². The molecule has 0 radical (unpaired) electrons. The molecule has 0 aliphatic carbocycles. The molecule has 0 atom stereocenters. The Morgan fingerprint density at radius 3 is 3.08 bits per heavy atom. The molecule has 0 unspecified atom stereocenters. The van der Waals surface area contributed by atoms with Gasteiger partial charge in [-0.25, -0.2) is 0 Å². The summed E-state index contributed by atoms with van der Waals surface area (Å²) in [6, 6.07) is 7.76. The van der Waals surface area contributed by atoms with Gasteiger partial charge >= 0.3 is 0 Å². The van der Waals surface area contributed by atoms with Crippen LogP contribution in [0.1, 0.15) is 5.56 Å². The van der Waals surface area contributed by atoms with Crippen LogP contribution >= 0.6 is 0 Å². The smallest absolute Gasteiger partial charge is 0.0734 e. The monoisotopic (exact) mass is 160 g/mol. The molecule has 0 spiro atoms. The van der Waals surface area contributed by atoms with E-state index in [0.29, 0.717) is 0 Å². The molecule has 3 nitrogen and oxygen atoms in total. The van der Waals surface area contributed by atoms with Crippen molar-refractivity contribution in [2.75, 3.05) is 0 Å². The normalized spacial score (nSPS) is 11.3. The molecule has 60 valence electrons. The zero-order valence-corrected chi connectivity index (χ0v) is 6.36. The maximum absolute atomic E-state index is 8.30. The van der Waals surface area contributed by atoms with Crippen LogP contribution in [0.3, 0.4) is 0 Å². The van der Waals surface area contributed by atoms with Crippen LogP contribution in [0.15, 0.2) is 35.6 Å². The van der Waals surface area contributed by atoms with Crippen molar-refractivity contribution in [1.29, 1.82) is 0 Å². The molecule has 2 aromatic rings. The minimum Gasteiger partial charge on any atom is -0.411 e. The van der Waals surface area contributed by atoms with Crippen molar-refractivity contribution < 1.29 is 5.21 Å². The van der Waals surface area contributed by atoms with Gasteiger partial charge in [0, 0.05) is 11.7 Å². The summed E-state index contributed by atoms with van der Waals surface area (Å²) in [6.07, 6.45) is 3.29. The van der Waals surface area contributed by atoms with Crippen molar-refractivity contribution in [3.05, 3.63) is 36.0 Å². The van der Waals surface area contributed by atoms with Gasteiger partial charge in [0.1, 0.15) is 0 Å². The van der Waals surface area contributed by atoms with Crippen molar-refractivity contribution in [3.63, 3.8) is 0 Å². The first-order chi connectivity index (χ1) is 5.90. The third kappa shape index (κ3) is 1.05. The lowest BCUT2D eigenvalue weighted by Crippen LogP contribution is -1.79. The van der Waals surface area contributed by atoms with Gasteiger partial charge in [0.05, 0.1) is 6.21 Å². The minimum absolute atomic E-state index is 0.893. The van der Waals surface area contributed by atoms with E-state index in [-0.39, 0.29) is 0 Å². The van der Waals surface area contributed by atoms with Crippen molar-refractivity contribution in [3.8, 4) is 0 Å². The quantitative estimate of drug-likeness (QED) is 0.374. The number of H-pyrrole nitrogens is 1. The molecular weight excluding hydrogens is 152 g/mol. The Morgan fingerprint density at radius 1 is 1.33 bits per heavy atom. The first-order valence-electron chi connectivity index (χ1n) is 3.65. The molecule has 1 aromatic heterocycles. The zero-order chi connectivity index (χ0) is 8.39. The molecule has 3 heteroatoms. The molecule has 0 saturated heterocycles. The van der Waals surface area contributed by atoms with E-state index in [2.05, 4.69) is 10.1 Å². The van der Waals surface area contributed by atoms with Crippen LogP contribution in [-0.4, -0.2) is 16.4 Å². The highest BCUT2D eigenvalue weighted by Gasteiger charge is 1.93. The Bertz CT molecular complexity index is 417. The second-order valence-corrected chi connectivity index (χ2v) is 2.57. The number of nitrogens with zero attached hydrogens (tertiary/aromatic N) is 1. The summed E-state index contributed by atoms with van der Waals surface area (Å²) in [6.45, 7) is 0. The summed E-state index contributed by atoms with van der Waals surface area (Å²) in [5.41, 5.74) is 1.98. The molecule has 0 saturated carbocycles. The number of aromatic nitrogens is 1. The highest BCUT2D eigenvalue weighted by atomic mass is 16.4. The average molecular weight is 160 g/mol. The summed E-state index contributed by atoms with van der Waals surface area (Å²) < 4.78 is 0. The molecule has 0 aliphatic heterocycles. The molecule has 2 N–H and O–H groups in total. The highest BCUT2D eigenvalue weighted by molar-refractivity contribution is 5.88. The van der Waals surface area contributed by atoms with E-state index < -0.39 is 0 Å². The first-order valence-corrected chi connectivity index (χ1v) is 3.65. The fourth-order valence-corrected chi connectivity index (χ4v) is 1.22. The van der Waals surface area contributed by atoms with Crippen molar-refractivity contribution in [1.82, 2.24) is 4.98 Å². The van der Waals surface area contributed by atoms with Crippen LogP contribution in [0.2, 0.25) is 0 Å². The number of oxime groups is 1.